The van der Waals surface area contributed by atoms with E-state index in [2.05, 4.69) is 13.0 Å². The minimum absolute atomic E-state index is 0. The van der Waals surface area contributed by atoms with Crippen LogP contribution in [0.5, 0.6) is 0 Å². The van der Waals surface area contributed by atoms with Crippen LogP contribution in [0.2, 0.25) is 0 Å². The summed E-state index contributed by atoms with van der Waals surface area (Å²) in [4.78, 5) is 10.2. The molecule has 0 radical (unpaired) electrons. The summed E-state index contributed by atoms with van der Waals surface area (Å²) in [7, 11) is 0. The zero-order valence-corrected chi connectivity index (χ0v) is 16.7. The number of allylic oxidation sites excluding steroid dienone is 1. The van der Waals surface area contributed by atoms with Gasteiger partial charge >= 0.3 is 29.6 Å². The molecule has 22 heavy (non-hydrogen) atoms. The van der Waals surface area contributed by atoms with Crippen molar-refractivity contribution in [2.24, 2.45) is 0 Å². The molecule has 0 amide bonds. The normalized spacial score (nSPS) is 12.3. The third-order valence-electron chi connectivity index (χ3n) is 3.71. The number of carbonyl (C=O) groups excluding carboxylic acids is 1. The molecule has 0 saturated heterocycles. The van der Waals surface area contributed by atoms with E-state index in [0.29, 0.717) is 0 Å². The molecule has 3 nitrogen and oxygen atoms in total. The number of hydrogen-bond acceptors (Lipinski definition) is 3. The summed E-state index contributed by atoms with van der Waals surface area (Å²) in [6.45, 7) is 2.21. The van der Waals surface area contributed by atoms with Gasteiger partial charge in [-0.05, 0) is 32.1 Å². The van der Waals surface area contributed by atoms with E-state index in [-0.39, 0.29) is 42.1 Å². The number of carbonyl (C=O) groups is 1. The van der Waals surface area contributed by atoms with Crippen molar-refractivity contribution in [2.45, 2.75) is 96.5 Å². The minimum Gasteiger partial charge on any atom is -0.550 e. The maximum atomic E-state index is 10.2. The molecule has 0 spiro atoms. The van der Waals surface area contributed by atoms with Gasteiger partial charge in [0.05, 0.1) is 6.10 Å². The van der Waals surface area contributed by atoms with Gasteiger partial charge in [0, 0.05) is 5.97 Å². The number of carboxylic acid groups (broad SMARTS) is 1. The molecular formula is C18H33NaO3. The van der Waals surface area contributed by atoms with Crippen LogP contribution in [0.1, 0.15) is 90.4 Å². The zero-order valence-electron chi connectivity index (χ0n) is 14.7. The van der Waals surface area contributed by atoms with Gasteiger partial charge in [-0.3, -0.25) is 0 Å². The second-order valence-corrected chi connectivity index (χ2v) is 5.88. The van der Waals surface area contributed by atoms with Crippen LogP contribution in [0.4, 0.5) is 0 Å². The first-order valence-electron chi connectivity index (χ1n) is 8.71. The Morgan fingerprint density at radius 3 is 2.23 bits per heavy atom. The van der Waals surface area contributed by atoms with E-state index in [4.69, 9.17) is 0 Å². The van der Waals surface area contributed by atoms with E-state index >= 15 is 0 Å². The van der Waals surface area contributed by atoms with Crippen LogP contribution in [0.15, 0.2) is 12.2 Å². The summed E-state index contributed by atoms with van der Waals surface area (Å²) < 4.78 is 0. The van der Waals surface area contributed by atoms with Gasteiger partial charge in [0.1, 0.15) is 0 Å². The summed E-state index contributed by atoms with van der Waals surface area (Å²) >= 11 is 0. The van der Waals surface area contributed by atoms with Gasteiger partial charge < -0.3 is 15.0 Å². The first-order valence-corrected chi connectivity index (χ1v) is 8.71. The van der Waals surface area contributed by atoms with E-state index in [1.54, 1.807) is 0 Å². The van der Waals surface area contributed by atoms with Crippen LogP contribution in [0.3, 0.4) is 0 Å². The Kier molecular flexibility index (Phi) is 21.3. The predicted molar refractivity (Wildman–Crippen MR) is 85.8 cm³/mol. The molecule has 1 N–H and O–H groups in total. The Morgan fingerprint density at radius 1 is 1.00 bits per heavy atom. The SMILES string of the molecule is CCCCCC/C=C/C(O)CCCCCCCCC(=O)[O-].[Na+]. The minimum atomic E-state index is -0.945. The number of unbranched alkanes of at least 4 members (excludes halogenated alkanes) is 9. The summed E-state index contributed by atoms with van der Waals surface area (Å²) in [6, 6.07) is 0. The van der Waals surface area contributed by atoms with Crippen LogP contribution >= 0.6 is 0 Å². The van der Waals surface area contributed by atoms with Gasteiger partial charge in [0.15, 0.2) is 0 Å². The van der Waals surface area contributed by atoms with E-state index in [1.807, 2.05) is 6.08 Å². The Labute approximate surface area is 158 Å². The fraction of sp³-hybridized carbons (Fsp3) is 0.833. The van der Waals surface area contributed by atoms with Gasteiger partial charge in [0.25, 0.3) is 0 Å². The molecule has 1 atom stereocenters. The maximum Gasteiger partial charge on any atom is 1.00 e. The van der Waals surface area contributed by atoms with Crippen molar-refractivity contribution in [2.75, 3.05) is 0 Å². The first-order chi connectivity index (χ1) is 10.2. The summed E-state index contributed by atoms with van der Waals surface area (Å²) in [5.74, 6) is -0.945. The average molecular weight is 320 g/mol. The van der Waals surface area contributed by atoms with Gasteiger partial charge in [-0.25, -0.2) is 0 Å². The predicted octanol–water partition coefficient (Wildman–Crippen LogP) is 0.749. The topological polar surface area (TPSA) is 60.4 Å². The van der Waals surface area contributed by atoms with Gasteiger partial charge in [-0.2, -0.15) is 0 Å². The Balaban J connectivity index is 0. The Bertz CT molecular complexity index is 267. The Morgan fingerprint density at radius 2 is 1.59 bits per heavy atom. The van der Waals surface area contributed by atoms with Crippen molar-refractivity contribution in [1.82, 2.24) is 0 Å². The third-order valence-corrected chi connectivity index (χ3v) is 3.71. The molecule has 0 aromatic heterocycles. The molecule has 0 rings (SSSR count). The zero-order chi connectivity index (χ0) is 15.8. The van der Waals surface area contributed by atoms with Crippen molar-refractivity contribution in [3.8, 4) is 0 Å². The summed E-state index contributed by atoms with van der Waals surface area (Å²) in [5.41, 5.74) is 0. The van der Waals surface area contributed by atoms with Crippen molar-refractivity contribution in [3.05, 3.63) is 12.2 Å². The Hall–Kier alpha value is 0.170. The van der Waals surface area contributed by atoms with Gasteiger partial charge in [-0.15, -0.1) is 0 Å². The molecule has 0 saturated carbocycles. The third kappa shape index (κ3) is 20.2. The van der Waals surface area contributed by atoms with Crippen molar-refractivity contribution >= 4 is 5.97 Å². The monoisotopic (exact) mass is 320 g/mol. The number of carboxylic acids is 1. The molecule has 0 fully saturated rings. The summed E-state index contributed by atoms with van der Waals surface area (Å²) in [6.07, 6.45) is 17.0. The van der Waals surface area contributed by atoms with Crippen LogP contribution in [0, 0.1) is 0 Å². The molecular weight excluding hydrogens is 287 g/mol. The molecule has 0 heterocycles. The van der Waals surface area contributed by atoms with Crippen LogP contribution in [0.25, 0.3) is 0 Å². The second kappa shape index (κ2) is 19.2. The van der Waals surface area contributed by atoms with Crippen LogP contribution in [-0.4, -0.2) is 17.2 Å². The van der Waals surface area contributed by atoms with Crippen LogP contribution in [-0.2, 0) is 4.79 Å². The van der Waals surface area contributed by atoms with Crippen molar-refractivity contribution < 1.29 is 44.6 Å². The van der Waals surface area contributed by atoms with E-state index < -0.39 is 5.97 Å². The molecule has 4 heteroatoms. The maximum absolute atomic E-state index is 10.2. The largest absolute Gasteiger partial charge is 1.00 e. The fourth-order valence-electron chi connectivity index (χ4n) is 2.37. The standard InChI is InChI=1S/C18H34O3.Na/c1-2-3-4-5-8-11-14-17(19)15-12-9-6-7-10-13-16-18(20)21;/h11,14,17,19H,2-10,12-13,15-16H2,1H3,(H,20,21);/q;+1/p-1/b14-11+;. The summed E-state index contributed by atoms with van der Waals surface area (Å²) in [5, 5.41) is 20.0. The quantitative estimate of drug-likeness (QED) is 0.275. The van der Waals surface area contributed by atoms with Crippen molar-refractivity contribution in [3.63, 3.8) is 0 Å². The number of rotatable bonds is 15. The second-order valence-electron chi connectivity index (χ2n) is 5.88. The number of aliphatic hydroxyl groups excluding tert-OH is 1. The van der Waals surface area contributed by atoms with Crippen LogP contribution < -0.4 is 34.7 Å². The first kappa shape index (κ1) is 24.4. The average Bonchev–Trinajstić information content (AvgIpc) is 2.45. The molecule has 0 aliphatic heterocycles. The van der Waals surface area contributed by atoms with Crippen molar-refractivity contribution in [1.29, 1.82) is 0 Å². The van der Waals surface area contributed by atoms with E-state index in [1.165, 1.54) is 25.7 Å². The van der Waals surface area contributed by atoms with Gasteiger partial charge in [-0.1, -0.05) is 70.4 Å². The fourth-order valence-corrected chi connectivity index (χ4v) is 2.37. The molecule has 0 aliphatic rings. The molecule has 0 aromatic rings. The number of hydrogen-bond donors (Lipinski definition) is 1. The number of aliphatic carboxylic acids is 1. The van der Waals surface area contributed by atoms with Gasteiger partial charge in [0.2, 0.25) is 0 Å². The molecule has 0 aliphatic carbocycles. The number of aliphatic hydroxyl groups is 1. The van der Waals surface area contributed by atoms with E-state index in [0.717, 1.165) is 51.4 Å². The smallest absolute Gasteiger partial charge is 0.550 e. The molecule has 0 aromatic carbocycles. The van der Waals surface area contributed by atoms with E-state index in [9.17, 15) is 15.0 Å². The molecule has 0 bridgehead atoms. The molecule has 1 unspecified atom stereocenters. The molecule has 124 valence electrons.